The van der Waals surface area contributed by atoms with Gasteiger partial charge < -0.3 is 5.32 Å². The smallest absolute Gasteiger partial charge is 0.234 e. The largest absolute Gasteiger partial charge is 0.325 e. The summed E-state index contributed by atoms with van der Waals surface area (Å²) in [4.78, 5) is 16.3. The molecule has 2 heterocycles. The normalized spacial score (nSPS) is 10.6. The standard InChI is InChI=1S/C20H21N5OS/c1-3-12-25-19(16-8-10-21-11-9-16)23-24-20(25)27-14-18(26)22-17-7-5-6-15(4-2)13-17/h3,5-11,13H,1,4,12,14H2,2H3,(H,22,26). The molecular formula is C20H21N5OS. The molecule has 6 nitrogen and oxygen atoms in total. The molecule has 0 radical (unpaired) electrons. The summed E-state index contributed by atoms with van der Waals surface area (Å²) >= 11 is 1.35. The van der Waals surface area contributed by atoms with Gasteiger partial charge >= 0.3 is 0 Å². The average molecular weight is 379 g/mol. The Labute approximate surface area is 162 Å². The van der Waals surface area contributed by atoms with E-state index in [-0.39, 0.29) is 11.7 Å². The molecule has 0 fully saturated rings. The minimum atomic E-state index is -0.0770. The number of aromatic nitrogens is 4. The number of nitrogens with one attached hydrogen (secondary N) is 1. The van der Waals surface area contributed by atoms with Crippen LogP contribution in [0.4, 0.5) is 5.69 Å². The van der Waals surface area contributed by atoms with E-state index in [9.17, 15) is 4.79 Å². The summed E-state index contributed by atoms with van der Waals surface area (Å²) in [5.74, 6) is 0.907. The van der Waals surface area contributed by atoms with Gasteiger partial charge in [-0.2, -0.15) is 0 Å². The molecule has 0 spiro atoms. The molecule has 2 aromatic heterocycles. The molecule has 0 saturated carbocycles. The summed E-state index contributed by atoms with van der Waals surface area (Å²) < 4.78 is 1.94. The van der Waals surface area contributed by atoms with Crippen LogP contribution in [0.3, 0.4) is 0 Å². The average Bonchev–Trinajstić information content (AvgIpc) is 3.10. The number of carbonyl (C=O) groups is 1. The van der Waals surface area contributed by atoms with Gasteiger partial charge in [0.1, 0.15) is 0 Å². The Morgan fingerprint density at radius 2 is 2.07 bits per heavy atom. The topological polar surface area (TPSA) is 72.7 Å². The first-order chi connectivity index (χ1) is 13.2. The molecule has 1 N–H and O–H groups in total. The molecule has 0 aliphatic carbocycles. The lowest BCUT2D eigenvalue weighted by molar-refractivity contribution is -0.113. The lowest BCUT2D eigenvalue weighted by atomic mass is 10.1. The van der Waals surface area contributed by atoms with Gasteiger partial charge in [-0.25, -0.2) is 0 Å². The third kappa shape index (κ3) is 4.83. The van der Waals surface area contributed by atoms with Gasteiger partial charge in [-0.15, -0.1) is 16.8 Å². The van der Waals surface area contributed by atoms with Crippen LogP contribution >= 0.6 is 11.8 Å². The van der Waals surface area contributed by atoms with E-state index < -0.39 is 0 Å². The molecule has 27 heavy (non-hydrogen) atoms. The number of anilines is 1. The van der Waals surface area contributed by atoms with E-state index in [1.807, 2.05) is 41.0 Å². The van der Waals surface area contributed by atoms with Crippen molar-refractivity contribution in [2.24, 2.45) is 0 Å². The Morgan fingerprint density at radius 1 is 1.26 bits per heavy atom. The minimum absolute atomic E-state index is 0.0770. The lowest BCUT2D eigenvalue weighted by Crippen LogP contribution is -2.14. The predicted octanol–water partition coefficient (Wildman–Crippen LogP) is 3.82. The number of pyridine rings is 1. The van der Waals surface area contributed by atoms with Crippen LogP contribution in [-0.2, 0) is 17.8 Å². The molecule has 0 saturated heterocycles. The van der Waals surface area contributed by atoms with E-state index in [0.29, 0.717) is 11.7 Å². The van der Waals surface area contributed by atoms with Crippen LogP contribution in [0, 0.1) is 0 Å². The number of aryl methyl sites for hydroxylation is 1. The zero-order valence-electron chi connectivity index (χ0n) is 15.1. The molecule has 7 heteroatoms. The number of hydrogen-bond donors (Lipinski definition) is 1. The fourth-order valence-corrected chi connectivity index (χ4v) is 3.35. The first-order valence-corrected chi connectivity index (χ1v) is 9.66. The third-order valence-electron chi connectivity index (χ3n) is 3.92. The van der Waals surface area contributed by atoms with E-state index in [0.717, 1.165) is 23.5 Å². The maximum atomic E-state index is 12.3. The maximum absolute atomic E-state index is 12.3. The number of benzene rings is 1. The highest BCUT2D eigenvalue weighted by Gasteiger charge is 2.15. The zero-order chi connectivity index (χ0) is 19.1. The molecule has 3 aromatic rings. The molecule has 0 atom stereocenters. The van der Waals surface area contributed by atoms with Crippen molar-refractivity contribution in [3.63, 3.8) is 0 Å². The quantitative estimate of drug-likeness (QED) is 0.476. The SMILES string of the molecule is C=CCn1c(SCC(=O)Nc2cccc(CC)c2)nnc1-c1ccncc1. The van der Waals surface area contributed by atoms with Gasteiger partial charge in [0.2, 0.25) is 5.91 Å². The molecule has 3 rings (SSSR count). The molecule has 0 aliphatic heterocycles. The van der Waals surface area contributed by atoms with Crippen molar-refractivity contribution in [1.82, 2.24) is 19.7 Å². The fourth-order valence-electron chi connectivity index (χ4n) is 2.60. The second kappa shape index (κ2) is 9.14. The van der Waals surface area contributed by atoms with Gasteiger partial charge in [0.05, 0.1) is 5.75 Å². The van der Waals surface area contributed by atoms with Crippen LogP contribution in [0.2, 0.25) is 0 Å². The molecule has 1 aromatic carbocycles. The summed E-state index contributed by atoms with van der Waals surface area (Å²) in [6, 6.07) is 11.6. The summed E-state index contributed by atoms with van der Waals surface area (Å²) in [6.07, 6.45) is 6.15. The van der Waals surface area contributed by atoms with E-state index in [4.69, 9.17) is 0 Å². The van der Waals surface area contributed by atoms with Crippen molar-refractivity contribution in [2.45, 2.75) is 25.0 Å². The third-order valence-corrected chi connectivity index (χ3v) is 4.89. The number of carbonyl (C=O) groups excluding carboxylic acids is 1. The Morgan fingerprint density at radius 3 is 2.81 bits per heavy atom. The highest BCUT2D eigenvalue weighted by Crippen LogP contribution is 2.24. The molecule has 0 bridgehead atoms. The fraction of sp³-hybridized carbons (Fsp3) is 0.200. The summed E-state index contributed by atoms with van der Waals surface area (Å²) in [5, 5.41) is 12.1. The number of rotatable bonds is 8. The Kier molecular flexibility index (Phi) is 6.38. The molecule has 0 aliphatic rings. The van der Waals surface area contributed by atoms with E-state index in [1.54, 1.807) is 18.5 Å². The first-order valence-electron chi connectivity index (χ1n) is 8.67. The van der Waals surface area contributed by atoms with Crippen LogP contribution in [0.1, 0.15) is 12.5 Å². The van der Waals surface area contributed by atoms with Gasteiger partial charge in [-0.3, -0.25) is 14.3 Å². The van der Waals surface area contributed by atoms with Crippen molar-refractivity contribution in [1.29, 1.82) is 0 Å². The van der Waals surface area contributed by atoms with Crippen LogP contribution in [0.25, 0.3) is 11.4 Å². The van der Waals surface area contributed by atoms with E-state index in [2.05, 4.69) is 34.0 Å². The summed E-state index contributed by atoms with van der Waals surface area (Å²) in [7, 11) is 0. The molecule has 138 valence electrons. The lowest BCUT2D eigenvalue weighted by Gasteiger charge is -2.08. The number of thioether (sulfide) groups is 1. The van der Waals surface area contributed by atoms with Crippen LogP contribution in [0.15, 0.2) is 66.6 Å². The van der Waals surface area contributed by atoms with Crippen molar-refractivity contribution in [2.75, 3.05) is 11.1 Å². The molecule has 1 amide bonds. The number of nitrogens with zero attached hydrogens (tertiary/aromatic N) is 4. The monoisotopic (exact) mass is 379 g/mol. The van der Waals surface area contributed by atoms with Gasteiger partial charge in [-0.05, 0) is 36.2 Å². The number of hydrogen-bond acceptors (Lipinski definition) is 5. The van der Waals surface area contributed by atoms with E-state index >= 15 is 0 Å². The summed E-state index contributed by atoms with van der Waals surface area (Å²) in [6.45, 7) is 6.45. The Balaban J connectivity index is 1.69. The predicted molar refractivity (Wildman–Crippen MR) is 109 cm³/mol. The van der Waals surface area contributed by atoms with Crippen molar-refractivity contribution in [3.8, 4) is 11.4 Å². The van der Waals surface area contributed by atoms with Gasteiger partial charge in [0, 0.05) is 30.2 Å². The first kappa shape index (κ1) is 18.8. The van der Waals surface area contributed by atoms with E-state index in [1.165, 1.54) is 17.3 Å². The maximum Gasteiger partial charge on any atom is 0.234 e. The second-order valence-corrected chi connectivity index (χ2v) is 6.77. The van der Waals surface area contributed by atoms with Crippen LogP contribution in [0.5, 0.6) is 0 Å². The van der Waals surface area contributed by atoms with Crippen LogP contribution < -0.4 is 5.32 Å². The minimum Gasteiger partial charge on any atom is -0.325 e. The van der Waals surface area contributed by atoms with Gasteiger partial charge in [0.25, 0.3) is 0 Å². The van der Waals surface area contributed by atoms with Crippen molar-refractivity contribution in [3.05, 3.63) is 67.0 Å². The van der Waals surface area contributed by atoms with Crippen molar-refractivity contribution >= 4 is 23.4 Å². The Hall–Kier alpha value is -2.93. The highest BCUT2D eigenvalue weighted by atomic mass is 32.2. The Bertz CT molecular complexity index is 923. The molecular weight excluding hydrogens is 358 g/mol. The van der Waals surface area contributed by atoms with Gasteiger partial charge in [-0.1, -0.05) is 36.9 Å². The second-order valence-electron chi connectivity index (χ2n) is 5.83. The zero-order valence-corrected chi connectivity index (χ0v) is 15.9. The summed E-state index contributed by atoms with van der Waals surface area (Å²) in [5.41, 5.74) is 2.92. The number of amides is 1. The highest BCUT2D eigenvalue weighted by molar-refractivity contribution is 7.99. The number of allylic oxidation sites excluding steroid dienone is 1. The van der Waals surface area contributed by atoms with Crippen LogP contribution in [-0.4, -0.2) is 31.4 Å². The van der Waals surface area contributed by atoms with Crippen molar-refractivity contribution < 1.29 is 4.79 Å². The van der Waals surface area contributed by atoms with Gasteiger partial charge in [0.15, 0.2) is 11.0 Å². The molecule has 0 unspecified atom stereocenters.